The Labute approximate surface area is 189 Å². The van der Waals surface area contributed by atoms with E-state index in [1.807, 2.05) is 0 Å². The first-order chi connectivity index (χ1) is 14.7. The SMILES string of the molecule is COc1cccc(NC(=O)COc2ccc(S(=O)(=O)Nc3cc(Cl)cc(Cl)c3)cc2)c1. The Morgan fingerprint density at radius 1 is 0.903 bits per heavy atom. The highest BCUT2D eigenvalue weighted by atomic mass is 35.5. The third kappa shape index (κ3) is 6.52. The van der Waals surface area contributed by atoms with Gasteiger partial charge < -0.3 is 14.8 Å². The topological polar surface area (TPSA) is 93.7 Å². The van der Waals surface area contributed by atoms with Crippen molar-refractivity contribution in [1.82, 2.24) is 0 Å². The quantitative estimate of drug-likeness (QED) is 0.481. The van der Waals surface area contributed by atoms with Crippen molar-refractivity contribution in [2.45, 2.75) is 4.90 Å². The standard InChI is InChI=1S/C21H18Cl2N2O5S/c1-29-19-4-2-3-16(12-19)24-21(26)13-30-18-5-7-20(8-6-18)31(27,28)25-17-10-14(22)9-15(23)11-17/h2-12,25H,13H2,1H3,(H,24,26). The summed E-state index contributed by atoms with van der Waals surface area (Å²) >= 11 is 11.8. The van der Waals surface area contributed by atoms with Crippen molar-refractivity contribution in [3.05, 3.63) is 76.8 Å². The van der Waals surface area contributed by atoms with Gasteiger partial charge in [-0.3, -0.25) is 9.52 Å². The van der Waals surface area contributed by atoms with Crippen LogP contribution < -0.4 is 19.5 Å². The van der Waals surface area contributed by atoms with Crippen LogP contribution in [0.25, 0.3) is 0 Å². The molecular formula is C21H18Cl2N2O5S. The molecule has 3 rings (SSSR count). The Hall–Kier alpha value is -2.94. The number of benzene rings is 3. The minimum Gasteiger partial charge on any atom is -0.497 e. The molecule has 10 heteroatoms. The molecule has 0 saturated heterocycles. The van der Waals surface area contributed by atoms with E-state index < -0.39 is 10.0 Å². The lowest BCUT2D eigenvalue weighted by Gasteiger charge is -2.11. The summed E-state index contributed by atoms with van der Waals surface area (Å²) in [6.45, 7) is -0.247. The Morgan fingerprint density at radius 2 is 1.58 bits per heavy atom. The van der Waals surface area contributed by atoms with Crippen LogP contribution in [-0.2, 0) is 14.8 Å². The number of anilines is 2. The van der Waals surface area contributed by atoms with E-state index in [0.717, 1.165) is 0 Å². The van der Waals surface area contributed by atoms with Gasteiger partial charge in [0.1, 0.15) is 11.5 Å². The third-order valence-electron chi connectivity index (χ3n) is 3.97. The predicted molar refractivity (Wildman–Crippen MR) is 121 cm³/mol. The molecule has 31 heavy (non-hydrogen) atoms. The van der Waals surface area contributed by atoms with E-state index in [2.05, 4.69) is 10.0 Å². The van der Waals surface area contributed by atoms with Crippen LogP contribution in [0.2, 0.25) is 10.0 Å². The second-order valence-corrected chi connectivity index (χ2v) is 8.86. The molecule has 1 amide bonds. The highest BCUT2D eigenvalue weighted by molar-refractivity contribution is 7.92. The molecule has 3 aromatic rings. The van der Waals surface area contributed by atoms with E-state index in [1.165, 1.54) is 49.6 Å². The van der Waals surface area contributed by atoms with Crippen molar-refractivity contribution in [1.29, 1.82) is 0 Å². The molecule has 7 nitrogen and oxygen atoms in total. The average molecular weight is 481 g/mol. The van der Waals surface area contributed by atoms with Crippen molar-refractivity contribution in [3.8, 4) is 11.5 Å². The zero-order chi connectivity index (χ0) is 22.4. The van der Waals surface area contributed by atoms with Crippen LogP contribution in [0.4, 0.5) is 11.4 Å². The van der Waals surface area contributed by atoms with Gasteiger partial charge in [0.05, 0.1) is 17.7 Å². The normalized spacial score (nSPS) is 10.9. The van der Waals surface area contributed by atoms with Crippen LogP contribution in [0.5, 0.6) is 11.5 Å². The minimum atomic E-state index is -3.86. The Balaban J connectivity index is 1.59. The summed E-state index contributed by atoms with van der Waals surface area (Å²) in [6.07, 6.45) is 0. The van der Waals surface area contributed by atoms with Gasteiger partial charge in [-0.2, -0.15) is 0 Å². The summed E-state index contributed by atoms with van der Waals surface area (Å²) in [5, 5.41) is 3.30. The number of hydrogen-bond acceptors (Lipinski definition) is 5. The molecule has 0 spiro atoms. The smallest absolute Gasteiger partial charge is 0.262 e. The Bertz CT molecular complexity index is 1160. The number of amides is 1. The molecule has 3 aromatic carbocycles. The van der Waals surface area contributed by atoms with Crippen molar-refractivity contribution < 1.29 is 22.7 Å². The fourth-order valence-corrected chi connectivity index (χ4v) is 4.16. The molecule has 0 aliphatic rings. The van der Waals surface area contributed by atoms with Crippen LogP contribution in [0.1, 0.15) is 0 Å². The molecule has 0 saturated carbocycles. The summed E-state index contributed by atoms with van der Waals surface area (Å²) in [4.78, 5) is 12.1. The maximum Gasteiger partial charge on any atom is 0.262 e. The number of methoxy groups -OCH3 is 1. The van der Waals surface area contributed by atoms with Gasteiger partial charge >= 0.3 is 0 Å². The van der Waals surface area contributed by atoms with Gasteiger partial charge in [-0.25, -0.2) is 8.42 Å². The first kappa shape index (κ1) is 22.7. The number of nitrogens with one attached hydrogen (secondary N) is 2. The molecule has 0 heterocycles. The van der Waals surface area contributed by atoms with Crippen LogP contribution in [0.15, 0.2) is 71.6 Å². The minimum absolute atomic E-state index is 0.0109. The highest BCUT2D eigenvalue weighted by Gasteiger charge is 2.15. The second kappa shape index (κ2) is 9.91. The Kier molecular flexibility index (Phi) is 7.27. The molecule has 0 aliphatic heterocycles. The van der Waals surface area contributed by atoms with Crippen LogP contribution in [0, 0.1) is 0 Å². The maximum atomic E-state index is 12.5. The lowest BCUT2D eigenvalue weighted by Crippen LogP contribution is -2.20. The zero-order valence-corrected chi connectivity index (χ0v) is 18.6. The van der Waals surface area contributed by atoms with Gasteiger partial charge in [0, 0.05) is 21.8 Å². The number of hydrogen-bond donors (Lipinski definition) is 2. The van der Waals surface area contributed by atoms with Crippen molar-refractivity contribution in [2.75, 3.05) is 23.8 Å². The van der Waals surface area contributed by atoms with Gasteiger partial charge in [0.2, 0.25) is 0 Å². The number of ether oxygens (including phenoxy) is 2. The van der Waals surface area contributed by atoms with E-state index in [-0.39, 0.29) is 23.1 Å². The summed E-state index contributed by atoms with van der Waals surface area (Å²) in [5.41, 5.74) is 0.814. The van der Waals surface area contributed by atoms with E-state index in [1.54, 1.807) is 24.3 Å². The first-order valence-corrected chi connectivity index (χ1v) is 11.1. The molecule has 0 atom stereocenters. The highest BCUT2D eigenvalue weighted by Crippen LogP contribution is 2.25. The summed E-state index contributed by atoms with van der Waals surface area (Å²) < 4.78 is 38.0. The molecule has 0 aliphatic carbocycles. The zero-order valence-electron chi connectivity index (χ0n) is 16.3. The molecule has 0 aromatic heterocycles. The van der Waals surface area contributed by atoms with Gasteiger partial charge in [-0.1, -0.05) is 29.3 Å². The van der Waals surface area contributed by atoms with E-state index >= 15 is 0 Å². The predicted octanol–water partition coefficient (Wildman–Crippen LogP) is 4.82. The fourth-order valence-electron chi connectivity index (χ4n) is 2.59. The first-order valence-electron chi connectivity index (χ1n) is 8.91. The van der Waals surface area contributed by atoms with E-state index in [0.29, 0.717) is 27.2 Å². The summed E-state index contributed by atoms with van der Waals surface area (Å²) in [7, 11) is -2.32. The summed E-state index contributed by atoms with van der Waals surface area (Å²) in [6, 6.07) is 16.9. The van der Waals surface area contributed by atoms with Gasteiger partial charge in [0.25, 0.3) is 15.9 Å². The van der Waals surface area contributed by atoms with Crippen LogP contribution in [-0.4, -0.2) is 28.0 Å². The van der Waals surface area contributed by atoms with Crippen molar-refractivity contribution in [3.63, 3.8) is 0 Å². The molecule has 0 unspecified atom stereocenters. The van der Waals surface area contributed by atoms with Crippen molar-refractivity contribution >= 4 is 50.5 Å². The molecule has 0 radical (unpaired) electrons. The summed E-state index contributed by atoms with van der Waals surface area (Å²) in [5.74, 6) is 0.583. The largest absolute Gasteiger partial charge is 0.497 e. The number of carbonyl (C=O) groups excluding carboxylic acids is 1. The molecule has 2 N–H and O–H groups in total. The molecular weight excluding hydrogens is 463 g/mol. The van der Waals surface area contributed by atoms with Gasteiger partial charge in [-0.15, -0.1) is 0 Å². The van der Waals surface area contributed by atoms with E-state index in [4.69, 9.17) is 32.7 Å². The lowest BCUT2D eigenvalue weighted by atomic mass is 10.3. The maximum absolute atomic E-state index is 12.5. The van der Waals surface area contributed by atoms with Crippen molar-refractivity contribution in [2.24, 2.45) is 0 Å². The van der Waals surface area contributed by atoms with Crippen LogP contribution in [0.3, 0.4) is 0 Å². The number of sulfonamides is 1. The van der Waals surface area contributed by atoms with Crippen LogP contribution >= 0.6 is 23.2 Å². The number of halogens is 2. The molecule has 162 valence electrons. The molecule has 0 bridgehead atoms. The monoisotopic (exact) mass is 480 g/mol. The average Bonchev–Trinajstić information content (AvgIpc) is 2.71. The van der Waals surface area contributed by atoms with Gasteiger partial charge in [-0.05, 0) is 54.6 Å². The lowest BCUT2D eigenvalue weighted by molar-refractivity contribution is -0.118. The van der Waals surface area contributed by atoms with E-state index in [9.17, 15) is 13.2 Å². The molecule has 0 fully saturated rings. The number of rotatable bonds is 8. The fraction of sp³-hybridized carbons (Fsp3) is 0.0952. The second-order valence-electron chi connectivity index (χ2n) is 6.30. The van der Waals surface area contributed by atoms with Gasteiger partial charge in [0.15, 0.2) is 6.61 Å². The number of carbonyl (C=O) groups is 1. The third-order valence-corrected chi connectivity index (χ3v) is 5.81. The Morgan fingerprint density at radius 3 is 2.23 bits per heavy atom.